The second kappa shape index (κ2) is 6.72. The highest BCUT2D eigenvalue weighted by atomic mass is 32.2. The SMILES string of the molecule is CS(=O)(=O)Cc1noc(CSCc2cccc3ccccc23)n1. The fraction of sp³-hybridized carbons (Fsp3) is 0.250. The minimum Gasteiger partial charge on any atom is -0.338 e. The Morgan fingerprint density at radius 1 is 1.09 bits per heavy atom. The molecule has 2 aromatic carbocycles. The van der Waals surface area contributed by atoms with E-state index in [-0.39, 0.29) is 11.6 Å². The number of sulfone groups is 1. The molecule has 0 fully saturated rings. The molecule has 3 aromatic rings. The summed E-state index contributed by atoms with van der Waals surface area (Å²) in [6.45, 7) is 0. The van der Waals surface area contributed by atoms with E-state index in [0.29, 0.717) is 11.6 Å². The molecule has 0 aliphatic heterocycles. The Labute approximate surface area is 139 Å². The lowest BCUT2D eigenvalue weighted by Gasteiger charge is -2.05. The lowest BCUT2D eigenvalue weighted by Crippen LogP contribution is -2.02. The average molecular weight is 348 g/mol. The maximum absolute atomic E-state index is 11.2. The molecule has 0 saturated carbocycles. The van der Waals surface area contributed by atoms with Crippen molar-refractivity contribution in [2.75, 3.05) is 6.26 Å². The second-order valence-corrected chi connectivity index (χ2v) is 8.43. The normalized spacial score (nSPS) is 11.9. The van der Waals surface area contributed by atoms with Gasteiger partial charge in [0.25, 0.3) is 0 Å². The van der Waals surface area contributed by atoms with Gasteiger partial charge in [0.2, 0.25) is 5.89 Å². The fourth-order valence-electron chi connectivity index (χ4n) is 2.31. The zero-order valence-electron chi connectivity index (χ0n) is 12.6. The van der Waals surface area contributed by atoms with Crippen LogP contribution in [0.25, 0.3) is 10.8 Å². The summed E-state index contributed by atoms with van der Waals surface area (Å²) in [5.41, 5.74) is 1.25. The number of hydrogen-bond donors (Lipinski definition) is 0. The number of rotatable bonds is 6. The highest BCUT2D eigenvalue weighted by Gasteiger charge is 2.12. The minimum atomic E-state index is -3.14. The second-order valence-electron chi connectivity index (χ2n) is 5.31. The summed E-state index contributed by atoms with van der Waals surface area (Å²) in [4.78, 5) is 4.11. The molecule has 0 bridgehead atoms. The van der Waals surface area contributed by atoms with Crippen LogP contribution >= 0.6 is 11.8 Å². The molecule has 0 amide bonds. The highest BCUT2D eigenvalue weighted by molar-refractivity contribution is 7.97. The summed E-state index contributed by atoms with van der Waals surface area (Å²) < 4.78 is 27.5. The van der Waals surface area contributed by atoms with Crippen LogP contribution in [0.15, 0.2) is 47.0 Å². The third-order valence-electron chi connectivity index (χ3n) is 3.26. The molecule has 0 spiro atoms. The van der Waals surface area contributed by atoms with Crippen LogP contribution in [0.4, 0.5) is 0 Å². The maximum atomic E-state index is 11.2. The van der Waals surface area contributed by atoms with Crippen molar-refractivity contribution in [3.8, 4) is 0 Å². The van der Waals surface area contributed by atoms with Gasteiger partial charge in [0.15, 0.2) is 15.7 Å². The smallest absolute Gasteiger partial charge is 0.236 e. The first-order chi connectivity index (χ1) is 11.0. The zero-order chi connectivity index (χ0) is 16.3. The van der Waals surface area contributed by atoms with Gasteiger partial charge in [0.05, 0.1) is 5.75 Å². The standard InChI is InChI=1S/C16H16N2O3S2/c1-23(19,20)11-15-17-16(21-18-15)10-22-9-13-7-4-6-12-5-2-3-8-14(12)13/h2-8H,9-11H2,1H3. The number of nitrogens with zero attached hydrogens (tertiary/aromatic N) is 2. The number of hydrogen-bond acceptors (Lipinski definition) is 6. The Bertz CT molecular complexity index is 914. The van der Waals surface area contributed by atoms with Gasteiger partial charge in [-0.1, -0.05) is 47.6 Å². The van der Waals surface area contributed by atoms with Gasteiger partial charge in [-0.05, 0) is 16.3 Å². The van der Waals surface area contributed by atoms with E-state index in [2.05, 4.69) is 40.5 Å². The monoisotopic (exact) mass is 348 g/mol. The Hall–Kier alpha value is -1.86. The van der Waals surface area contributed by atoms with Crippen LogP contribution in [-0.2, 0) is 27.1 Å². The third kappa shape index (κ3) is 4.33. The first-order valence-corrected chi connectivity index (χ1v) is 10.3. The Morgan fingerprint density at radius 3 is 2.70 bits per heavy atom. The Kier molecular flexibility index (Phi) is 4.68. The Morgan fingerprint density at radius 2 is 1.87 bits per heavy atom. The van der Waals surface area contributed by atoms with Crippen LogP contribution < -0.4 is 0 Å². The van der Waals surface area contributed by atoms with Gasteiger partial charge in [0, 0.05) is 12.0 Å². The van der Waals surface area contributed by atoms with Crippen LogP contribution in [0, 0.1) is 0 Å². The quantitative estimate of drug-likeness (QED) is 0.681. The largest absolute Gasteiger partial charge is 0.338 e. The summed E-state index contributed by atoms with van der Waals surface area (Å²) in [5.74, 6) is 1.86. The van der Waals surface area contributed by atoms with Crippen molar-refractivity contribution in [1.29, 1.82) is 0 Å². The van der Waals surface area contributed by atoms with E-state index in [1.54, 1.807) is 11.8 Å². The minimum absolute atomic E-state index is 0.190. The lowest BCUT2D eigenvalue weighted by molar-refractivity contribution is 0.386. The molecule has 0 aliphatic rings. The molecule has 120 valence electrons. The molecular weight excluding hydrogens is 332 g/mol. The van der Waals surface area contributed by atoms with Gasteiger partial charge in [0.1, 0.15) is 5.75 Å². The van der Waals surface area contributed by atoms with Crippen molar-refractivity contribution in [2.45, 2.75) is 17.3 Å². The molecule has 0 aliphatic carbocycles. The van der Waals surface area contributed by atoms with Crippen molar-refractivity contribution >= 4 is 32.4 Å². The molecule has 5 nitrogen and oxygen atoms in total. The molecule has 0 radical (unpaired) electrons. The summed E-state index contributed by atoms with van der Waals surface area (Å²) in [5, 5.41) is 6.16. The molecule has 7 heteroatoms. The topological polar surface area (TPSA) is 73.1 Å². The van der Waals surface area contributed by atoms with E-state index < -0.39 is 9.84 Å². The highest BCUT2D eigenvalue weighted by Crippen LogP contribution is 2.24. The van der Waals surface area contributed by atoms with Gasteiger partial charge in [-0.25, -0.2) is 8.42 Å². The van der Waals surface area contributed by atoms with Crippen LogP contribution in [0.2, 0.25) is 0 Å². The molecule has 0 unspecified atom stereocenters. The van der Waals surface area contributed by atoms with E-state index in [1.807, 2.05) is 12.1 Å². The first kappa shape index (κ1) is 16.0. The molecule has 23 heavy (non-hydrogen) atoms. The Balaban J connectivity index is 1.63. The van der Waals surface area contributed by atoms with Crippen molar-refractivity contribution in [1.82, 2.24) is 10.1 Å². The van der Waals surface area contributed by atoms with Gasteiger partial charge < -0.3 is 4.52 Å². The maximum Gasteiger partial charge on any atom is 0.236 e. The van der Waals surface area contributed by atoms with Crippen LogP contribution in [0.1, 0.15) is 17.3 Å². The van der Waals surface area contributed by atoms with Crippen molar-refractivity contribution in [3.63, 3.8) is 0 Å². The summed E-state index contributed by atoms with van der Waals surface area (Å²) in [6.07, 6.45) is 1.15. The number of aromatic nitrogens is 2. The molecule has 3 rings (SSSR count). The zero-order valence-corrected chi connectivity index (χ0v) is 14.2. The number of benzene rings is 2. The number of thioether (sulfide) groups is 1. The van der Waals surface area contributed by atoms with E-state index in [9.17, 15) is 8.42 Å². The van der Waals surface area contributed by atoms with E-state index in [4.69, 9.17) is 4.52 Å². The van der Waals surface area contributed by atoms with Crippen LogP contribution in [-0.4, -0.2) is 24.8 Å². The summed E-state index contributed by atoms with van der Waals surface area (Å²) >= 11 is 1.66. The van der Waals surface area contributed by atoms with E-state index in [0.717, 1.165) is 12.0 Å². The van der Waals surface area contributed by atoms with Crippen LogP contribution in [0.3, 0.4) is 0 Å². The summed E-state index contributed by atoms with van der Waals surface area (Å²) in [7, 11) is -3.14. The predicted octanol–water partition coefficient (Wildman–Crippen LogP) is 3.20. The third-order valence-corrected chi connectivity index (χ3v) is 5.01. The first-order valence-electron chi connectivity index (χ1n) is 7.05. The van der Waals surface area contributed by atoms with E-state index >= 15 is 0 Å². The average Bonchev–Trinajstić information content (AvgIpc) is 2.93. The fourth-order valence-corrected chi connectivity index (χ4v) is 3.76. The molecule has 0 saturated heterocycles. The molecular formula is C16H16N2O3S2. The van der Waals surface area contributed by atoms with Gasteiger partial charge in [-0.2, -0.15) is 4.98 Å². The molecule has 0 atom stereocenters. The lowest BCUT2D eigenvalue weighted by atomic mass is 10.1. The number of fused-ring (bicyclic) bond motifs is 1. The van der Waals surface area contributed by atoms with Gasteiger partial charge in [-0.15, -0.1) is 11.8 Å². The molecule has 0 N–H and O–H groups in total. The van der Waals surface area contributed by atoms with Crippen LogP contribution in [0.5, 0.6) is 0 Å². The van der Waals surface area contributed by atoms with E-state index in [1.165, 1.54) is 16.3 Å². The van der Waals surface area contributed by atoms with Crippen molar-refractivity contribution < 1.29 is 12.9 Å². The molecule has 1 aromatic heterocycles. The van der Waals surface area contributed by atoms with Crippen molar-refractivity contribution in [3.05, 3.63) is 59.7 Å². The van der Waals surface area contributed by atoms with Gasteiger partial charge in [-0.3, -0.25) is 0 Å². The summed E-state index contributed by atoms with van der Waals surface area (Å²) in [6, 6.07) is 14.5. The molecule has 1 heterocycles. The van der Waals surface area contributed by atoms with Crippen molar-refractivity contribution in [2.24, 2.45) is 0 Å². The predicted molar refractivity (Wildman–Crippen MR) is 91.8 cm³/mol. The van der Waals surface area contributed by atoms with Gasteiger partial charge >= 0.3 is 0 Å².